The number of nitrogens with zero attached hydrogens (tertiary/aromatic N) is 1. The molecule has 2 rings (SSSR count). The van der Waals surface area contributed by atoms with E-state index in [4.69, 9.17) is 5.11 Å². The monoisotopic (exact) mass is 254 g/mol. The molecular formula is C13H22N2O3. The summed E-state index contributed by atoms with van der Waals surface area (Å²) in [5, 5.41) is 11.7. The topological polar surface area (TPSA) is 69.6 Å². The maximum absolute atomic E-state index is 12.2. The van der Waals surface area contributed by atoms with Crippen molar-refractivity contribution in [1.29, 1.82) is 0 Å². The molecule has 2 aliphatic carbocycles. The number of carbonyl (C=O) groups is 2. The lowest BCUT2D eigenvalue weighted by atomic mass is 10.1. The van der Waals surface area contributed by atoms with Crippen LogP contribution in [0.1, 0.15) is 39.5 Å². The summed E-state index contributed by atoms with van der Waals surface area (Å²) in [7, 11) is 0. The number of hydrogen-bond donors (Lipinski definition) is 2. The first-order valence-corrected chi connectivity index (χ1v) is 6.79. The smallest absolute Gasteiger partial charge is 0.326 e. The van der Waals surface area contributed by atoms with E-state index in [0.717, 1.165) is 19.4 Å². The fraction of sp³-hybridized carbons (Fsp3) is 0.846. The summed E-state index contributed by atoms with van der Waals surface area (Å²) in [6.45, 7) is 4.41. The normalized spacial score (nSPS) is 20.6. The molecule has 5 nitrogen and oxygen atoms in total. The molecular weight excluding hydrogens is 232 g/mol. The summed E-state index contributed by atoms with van der Waals surface area (Å²) >= 11 is 0. The van der Waals surface area contributed by atoms with Crippen molar-refractivity contribution in [1.82, 2.24) is 10.2 Å². The third kappa shape index (κ3) is 3.37. The Morgan fingerprint density at radius 1 is 1.28 bits per heavy atom. The number of aliphatic carboxylic acids is 1. The van der Waals surface area contributed by atoms with Crippen molar-refractivity contribution in [3.63, 3.8) is 0 Å². The van der Waals surface area contributed by atoms with E-state index in [1.807, 2.05) is 4.90 Å². The van der Waals surface area contributed by atoms with Crippen LogP contribution in [0.2, 0.25) is 0 Å². The fourth-order valence-electron chi connectivity index (χ4n) is 2.09. The highest BCUT2D eigenvalue weighted by Crippen LogP contribution is 2.34. The number of carbonyl (C=O) groups excluding carboxylic acids is 1. The lowest BCUT2D eigenvalue weighted by molar-refractivity contribution is -0.140. The van der Waals surface area contributed by atoms with Crippen molar-refractivity contribution in [2.75, 3.05) is 6.54 Å². The van der Waals surface area contributed by atoms with Crippen LogP contribution in [0.25, 0.3) is 0 Å². The highest BCUT2D eigenvalue weighted by Gasteiger charge is 2.38. The molecule has 0 aromatic heterocycles. The molecule has 0 saturated heterocycles. The molecule has 5 heteroatoms. The lowest BCUT2D eigenvalue weighted by Gasteiger charge is -2.26. The highest BCUT2D eigenvalue weighted by molar-refractivity contribution is 5.83. The Balaban J connectivity index is 1.92. The van der Waals surface area contributed by atoms with Crippen LogP contribution in [0.3, 0.4) is 0 Å². The van der Waals surface area contributed by atoms with Crippen molar-refractivity contribution in [2.45, 2.75) is 51.6 Å². The van der Waals surface area contributed by atoms with E-state index in [-0.39, 0.29) is 11.9 Å². The maximum atomic E-state index is 12.2. The van der Waals surface area contributed by atoms with Crippen molar-refractivity contribution in [3.05, 3.63) is 0 Å². The largest absolute Gasteiger partial charge is 0.480 e. The summed E-state index contributed by atoms with van der Waals surface area (Å²) in [5.41, 5.74) is 0. The van der Waals surface area contributed by atoms with Gasteiger partial charge in [-0.15, -0.1) is 0 Å². The maximum Gasteiger partial charge on any atom is 0.326 e. The fourth-order valence-corrected chi connectivity index (χ4v) is 2.09. The third-order valence-electron chi connectivity index (χ3n) is 3.61. The summed E-state index contributed by atoms with van der Waals surface area (Å²) in [5.74, 6) is -0.423. The Kier molecular flexibility index (Phi) is 3.78. The van der Waals surface area contributed by atoms with Crippen molar-refractivity contribution >= 4 is 12.0 Å². The third-order valence-corrected chi connectivity index (χ3v) is 3.61. The van der Waals surface area contributed by atoms with E-state index in [2.05, 4.69) is 5.32 Å². The highest BCUT2D eigenvalue weighted by atomic mass is 16.4. The average molecular weight is 254 g/mol. The summed E-state index contributed by atoms with van der Waals surface area (Å²) in [6, 6.07) is -0.657. The van der Waals surface area contributed by atoms with Crippen LogP contribution in [-0.4, -0.2) is 40.6 Å². The molecule has 0 aromatic carbocycles. The molecule has 0 spiro atoms. The van der Waals surface area contributed by atoms with Gasteiger partial charge in [0, 0.05) is 12.6 Å². The molecule has 2 amide bonds. The van der Waals surface area contributed by atoms with Crippen LogP contribution < -0.4 is 5.32 Å². The molecule has 1 atom stereocenters. The minimum atomic E-state index is -0.958. The van der Waals surface area contributed by atoms with Gasteiger partial charge in [0.2, 0.25) is 0 Å². The number of urea groups is 1. The zero-order chi connectivity index (χ0) is 13.3. The number of carboxylic acids is 1. The number of rotatable bonds is 6. The van der Waals surface area contributed by atoms with E-state index < -0.39 is 12.0 Å². The van der Waals surface area contributed by atoms with Crippen LogP contribution in [0, 0.1) is 11.8 Å². The van der Waals surface area contributed by atoms with Crippen molar-refractivity contribution in [2.24, 2.45) is 11.8 Å². The second-order valence-corrected chi connectivity index (χ2v) is 5.84. The Morgan fingerprint density at radius 3 is 2.28 bits per heavy atom. The van der Waals surface area contributed by atoms with Gasteiger partial charge in [-0.25, -0.2) is 9.59 Å². The molecule has 18 heavy (non-hydrogen) atoms. The molecule has 0 aliphatic heterocycles. The number of nitrogens with one attached hydrogen (secondary N) is 1. The number of amides is 2. The minimum absolute atomic E-state index is 0.103. The first kappa shape index (κ1) is 13.2. The zero-order valence-electron chi connectivity index (χ0n) is 11.1. The Morgan fingerprint density at radius 2 is 1.89 bits per heavy atom. The van der Waals surface area contributed by atoms with Gasteiger partial charge in [0.1, 0.15) is 6.04 Å². The molecule has 0 aromatic rings. The molecule has 2 saturated carbocycles. The zero-order valence-corrected chi connectivity index (χ0v) is 11.1. The Labute approximate surface area is 108 Å². The van der Waals surface area contributed by atoms with Crippen LogP contribution in [-0.2, 0) is 4.79 Å². The quantitative estimate of drug-likeness (QED) is 0.757. The van der Waals surface area contributed by atoms with Gasteiger partial charge in [-0.3, -0.25) is 0 Å². The van der Waals surface area contributed by atoms with Gasteiger partial charge in [0.05, 0.1) is 0 Å². The van der Waals surface area contributed by atoms with Gasteiger partial charge >= 0.3 is 12.0 Å². The molecule has 2 N–H and O–H groups in total. The predicted molar refractivity (Wildman–Crippen MR) is 67.2 cm³/mol. The van der Waals surface area contributed by atoms with Crippen LogP contribution in [0.4, 0.5) is 4.79 Å². The first-order chi connectivity index (χ1) is 8.49. The minimum Gasteiger partial charge on any atom is -0.480 e. The molecule has 2 fully saturated rings. The molecule has 0 heterocycles. The molecule has 102 valence electrons. The van der Waals surface area contributed by atoms with E-state index in [1.165, 1.54) is 12.8 Å². The molecule has 0 radical (unpaired) electrons. The van der Waals surface area contributed by atoms with Crippen molar-refractivity contribution < 1.29 is 14.7 Å². The standard InChI is InChI=1S/C13H22N2O3/c1-8(2)11(12(16)17)14-13(18)15(10-5-6-10)7-9-3-4-9/h8-11H,3-7H2,1-2H3,(H,14,18)(H,16,17)/t11-/m1/s1. The summed E-state index contributed by atoms with van der Waals surface area (Å²) in [6.07, 6.45) is 4.51. The van der Waals surface area contributed by atoms with Crippen molar-refractivity contribution in [3.8, 4) is 0 Å². The average Bonchev–Trinajstić information content (AvgIpc) is 3.13. The van der Waals surface area contributed by atoms with Crippen LogP contribution >= 0.6 is 0 Å². The van der Waals surface area contributed by atoms with Gasteiger partial charge in [-0.1, -0.05) is 13.8 Å². The lowest BCUT2D eigenvalue weighted by Crippen LogP contribution is -2.51. The van der Waals surface area contributed by atoms with Crippen LogP contribution in [0.15, 0.2) is 0 Å². The van der Waals surface area contributed by atoms with E-state index >= 15 is 0 Å². The SMILES string of the molecule is CC(C)[C@@H](NC(=O)N(CC1CC1)C1CC1)C(=O)O. The molecule has 2 aliphatic rings. The van der Waals surface area contributed by atoms with Gasteiger partial charge in [0.15, 0.2) is 0 Å². The second-order valence-electron chi connectivity index (χ2n) is 5.84. The summed E-state index contributed by atoms with van der Waals surface area (Å²) < 4.78 is 0. The van der Waals surface area contributed by atoms with Crippen LogP contribution in [0.5, 0.6) is 0 Å². The molecule has 0 unspecified atom stereocenters. The van der Waals surface area contributed by atoms with Gasteiger partial charge in [-0.05, 0) is 37.5 Å². The van der Waals surface area contributed by atoms with Gasteiger partial charge < -0.3 is 15.3 Å². The Bertz CT molecular complexity index is 335. The van der Waals surface area contributed by atoms with E-state index in [1.54, 1.807) is 13.8 Å². The summed E-state index contributed by atoms with van der Waals surface area (Å²) in [4.78, 5) is 25.1. The van der Waals surface area contributed by atoms with E-state index in [9.17, 15) is 9.59 Å². The Hall–Kier alpha value is -1.26. The van der Waals surface area contributed by atoms with Gasteiger partial charge in [0.25, 0.3) is 0 Å². The molecule has 0 bridgehead atoms. The van der Waals surface area contributed by atoms with Gasteiger partial charge in [-0.2, -0.15) is 0 Å². The number of carboxylic acid groups (broad SMARTS) is 1. The first-order valence-electron chi connectivity index (χ1n) is 6.79. The number of hydrogen-bond acceptors (Lipinski definition) is 2. The predicted octanol–water partition coefficient (Wildman–Crippen LogP) is 1.68. The second kappa shape index (κ2) is 5.16. The van der Waals surface area contributed by atoms with E-state index in [0.29, 0.717) is 12.0 Å².